The third kappa shape index (κ3) is 6.28. The average Bonchev–Trinajstić information content (AvgIpc) is 1.98. The third-order valence-corrected chi connectivity index (χ3v) is 2.01. The first-order chi connectivity index (χ1) is 4.81. The second kappa shape index (κ2) is 7.27. The number of hydrogen-bond acceptors (Lipinski definition) is 4. The minimum absolute atomic E-state index is 0.611. The normalized spacial score (nSPS) is 9.40. The van der Waals surface area contributed by atoms with Crippen molar-refractivity contribution in [3.05, 3.63) is 0 Å². The van der Waals surface area contributed by atoms with Crippen LogP contribution in [-0.2, 0) is 4.74 Å². The SMILES string of the molecule is CCOCCSC(=S)NN. The van der Waals surface area contributed by atoms with E-state index in [1.807, 2.05) is 6.92 Å². The van der Waals surface area contributed by atoms with Gasteiger partial charge in [-0.25, -0.2) is 5.84 Å². The van der Waals surface area contributed by atoms with Crippen LogP contribution in [0, 0.1) is 0 Å². The molecule has 0 spiro atoms. The van der Waals surface area contributed by atoms with Gasteiger partial charge in [-0.15, -0.1) is 0 Å². The highest BCUT2D eigenvalue weighted by Crippen LogP contribution is 1.99. The fraction of sp³-hybridized carbons (Fsp3) is 0.800. The van der Waals surface area contributed by atoms with Gasteiger partial charge in [0.2, 0.25) is 0 Å². The molecule has 0 aliphatic heterocycles. The summed E-state index contributed by atoms with van der Waals surface area (Å²) in [5.74, 6) is 5.89. The molecule has 0 aromatic carbocycles. The van der Waals surface area contributed by atoms with E-state index in [1.165, 1.54) is 11.8 Å². The lowest BCUT2D eigenvalue weighted by molar-refractivity contribution is 0.164. The molecule has 0 saturated carbocycles. The topological polar surface area (TPSA) is 47.3 Å². The fourth-order valence-corrected chi connectivity index (χ4v) is 1.10. The van der Waals surface area contributed by atoms with Crippen molar-refractivity contribution in [1.82, 2.24) is 5.43 Å². The van der Waals surface area contributed by atoms with E-state index in [2.05, 4.69) is 5.43 Å². The van der Waals surface area contributed by atoms with Gasteiger partial charge in [0.25, 0.3) is 0 Å². The number of hydrogen-bond donors (Lipinski definition) is 2. The van der Waals surface area contributed by atoms with Crippen molar-refractivity contribution in [1.29, 1.82) is 0 Å². The highest BCUT2D eigenvalue weighted by molar-refractivity contribution is 8.22. The molecule has 0 radical (unpaired) electrons. The number of ether oxygens (including phenoxy) is 1. The van der Waals surface area contributed by atoms with Crippen molar-refractivity contribution < 1.29 is 4.74 Å². The van der Waals surface area contributed by atoms with Crippen molar-refractivity contribution in [2.75, 3.05) is 19.0 Å². The molecule has 3 nitrogen and oxygen atoms in total. The Labute approximate surface area is 70.7 Å². The van der Waals surface area contributed by atoms with Crippen LogP contribution in [0.3, 0.4) is 0 Å². The Morgan fingerprint density at radius 1 is 1.80 bits per heavy atom. The van der Waals surface area contributed by atoms with E-state index in [1.54, 1.807) is 0 Å². The van der Waals surface area contributed by atoms with Crippen LogP contribution >= 0.6 is 24.0 Å². The second-order valence-electron chi connectivity index (χ2n) is 1.48. The van der Waals surface area contributed by atoms with Crippen molar-refractivity contribution in [2.45, 2.75) is 6.92 Å². The highest BCUT2D eigenvalue weighted by Gasteiger charge is 1.92. The average molecular weight is 180 g/mol. The molecule has 0 bridgehead atoms. The van der Waals surface area contributed by atoms with Crippen LogP contribution < -0.4 is 11.3 Å². The minimum Gasteiger partial charge on any atom is -0.381 e. The van der Waals surface area contributed by atoms with E-state index < -0.39 is 0 Å². The summed E-state index contributed by atoms with van der Waals surface area (Å²) >= 11 is 6.26. The molecule has 0 aromatic heterocycles. The largest absolute Gasteiger partial charge is 0.381 e. The van der Waals surface area contributed by atoms with Gasteiger partial charge in [-0.1, -0.05) is 24.0 Å². The number of thiocarbonyl (C=S) groups is 1. The summed E-state index contributed by atoms with van der Waals surface area (Å²) in [6.07, 6.45) is 0. The van der Waals surface area contributed by atoms with Gasteiger partial charge in [-0.05, 0) is 6.92 Å². The van der Waals surface area contributed by atoms with Gasteiger partial charge in [0, 0.05) is 12.4 Å². The van der Waals surface area contributed by atoms with Crippen LogP contribution in [0.5, 0.6) is 0 Å². The molecule has 60 valence electrons. The van der Waals surface area contributed by atoms with Gasteiger partial charge in [-0.2, -0.15) is 0 Å². The van der Waals surface area contributed by atoms with E-state index in [9.17, 15) is 0 Å². The molecule has 0 heterocycles. The number of hydrazine groups is 1. The Kier molecular flexibility index (Phi) is 7.39. The summed E-state index contributed by atoms with van der Waals surface area (Å²) in [5, 5.41) is 0. The van der Waals surface area contributed by atoms with Crippen LogP contribution in [0.4, 0.5) is 0 Å². The molecule has 0 atom stereocenters. The molecule has 0 amide bonds. The van der Waals surface area contributed by atoms with E-state index in [0.717, 1.165) is 19.0 Å². The van der Waals surface area contributed by atoms with Crippen LogP contribution in [0.2, 0.25) is 0 Å². The number of nitrogens with two attached hydrogens (primary N) is 1. The summed E-state index contributed by atoms with van der Waals surface area (Å²) in [5.41, 5.74) is 2.38. The Hall–Kier alpha value is 0.160. The summed E-state index contributed by atoms with van der Waals surface area (Å²) in [6, 6.07) is 0. The number of rotatable bonds is 4. The van der Waals surface area contributed by atoms with Crippen LogP contribution in [0.15, 0.2) is 0 Å². The maximum atomic E-state index is 5.08. The zero-order valence-corrected chi connectivity index (χ0v) is 7.56. The first-order valence-electron chi connectivity index (χ1n) is 3.02. The van der Waals surface area contributed by atoms with Crippen molar-refractivity contribution >= 4 is 28.3 Å². The minimum atomic E-state index is 0.611. The Balaban J connectivity index is 2.96. The quantitative estimate of drug-likeness (QED) is 0.286. The first kappa shape index (κ1) is 10.2. The standard InChI is InChI=1S/C5H12N2OS2/c1-2-8-3-4-10-5(9)7-6/h2-4,6H2,1H3,(H,7,9). The molecule has 0 unspecified atom stereocenters. The Morgan fingerprint density at radius 2 is 2.50 bits per heavy atom. The van der Waals surface area contributed by atoms with E-state index in [-0.39, 0.29) is 0 Å². The zero-order valence-electron chi connectivity index (χ0n) is 5.92. The molecule has 3 N–H and O–H groups in total. The number of thioether (sulfide) groups is 1. The van der Waals surface area contributed by atoms with Gasteiger partial charge >= 0.3 is 0 Å². The molecule has 0 rings (SSSR count). The van der Waals surface area contributed by atoms with Gasteiger partial charge < -0.3 is 10.2 Å². The molecular formula is C5H12N2OS2. The molecule has 0 saturated heterocycles. The number of nitrogens with one attached hydrogen (secondary N) is 1. The van der Waals surface area contributed by atoms with Gasteiger partial charge in [-0.3, -0.25) is 0 Å². The lowest BCUT2D eigenvalue weighted by Crippen LogP contribution is -2.26. The van der Waals surface area contributed by atoms with E-state index in [4.69, 9.17) is 22.8 Å². The van der Waals surface area contributed by atoms with Crippen molar-refractivity contribution in [2.24, 2.45) is 5.84 Å². The first-order valence-corrected chi connectivity index (χ1v) is 4.41. The van der Waals surface area contributed by atoms with E-state index in [0.29, 0.717) is 4.32 Å². The lowest BCUT2D eigenvalue weighted by Gasteiger charge is -2.01. The predicted molar refractivity (Wildman–Crippen MR) is 48.9 cm³/mol. The molecule has 0 aromatic rings. The summed E-state index contributed by atoms with van der Waals surface area (Å²) in [4.78, 5) is 0. The van der Waals surface area contributed by atoms with Crippen LogP contribution in [0.25, 0.3) is 0 Å². The smallest absolute Gasteiger partial charge is 0.147 e. The highest BCUT2D eigenvalue weighted by atomic mass is 32.2. The monoisotopic (exact) mass is 180 g/mol. The Bertz CT molecular complexity index is 99.6. The third-order valence-electron chi connectivity index (χ3n) is 0.783. The summed E-state index contributed by atoms with van der Waals surface area (Å²) in [6.45, 7) is 3.44. The zero-order chi connectivity index (χ0) is 7.82. The molecule has 0 aliphatic carbocycles. The maximum Gasteiger partial charge on any atom is 0.147 e. The van der Waals surface area contributed by atoms with Crippen LogP contribution in [0.1, 0.15) is 6.92 Å². The van der Waals surface area contributed by atoms with Gasteiger partial charge in [0.15, 0.2) is 0 Å². The molecule has 10 heavy (non-hydrogen) atoms. The summed E-state index contributed by atoms with van der Waals surface area (Å²) in [7, 11) is 0. The Morgan fingerprint density at radius 3 is 3.00 bits per heavy atom. The van der Waals surface area contributed by atoms with Crippen LogP contribution in [-0.4, -0.2) is 23.3 Å². The van der Waals surface area contributed by atoms with Gasteiger partial charge in [0.1, 0.15) is 4.32 Å². The van der Waals surface area contributed by atoms with Crippen molar-refractivity contribution in [3.8, 4) is 0 Å². The maximum absolute atomic E-state index is 5.08. The van der Waals surface area contributed by atoms with Gasteiger partial charge in [0.05, 0.1) is 6.61 Å². The molecular weight excluding hydrogens is 168 g/mol. The molecule has 0 fully saturated rings. The molecule has 0 aliphatic rings. The predicted octanol–water partition coefficient (Wildman–Crippen LogP) is 0.504. The van der Waals surface area contributed by atoms with E-state index >= 15 is 0 Å². The summed E-state index contributed by atoms with van der Waals surface area (Å²) < 4.78 is 5.69. The lowest BCUT2D eigenvalue weighted by atomic mass is 10.8. The fourth-order valence-electron chi connectivity index (χ4n) is 0.379. The second-order valence-corrected chi connectivity index (χ2v) is 3.25. The van der Waals surface area contributed by atoms with Crippen molar-refractivity contribution in [3.63, 3.8) is 0 Å². The molecule has 5 heteroatoms.